The van der Waals surface area contributed by atoms with E-state index in [-0.39, 0.29) is 23.6 Å². The largest absolute Gasteiger partial charge is 0.462 e. The third kappa shape index (κ3) is 6.26. The van der Waals surface area contributed by atoms with E-state index in [0.717, 1.165) is 0 Å². The van der Waals surface area contributed by atoms with Crippen molar-refractivity contribution in [2.75, 3.05) is 33.8 Å². The molecule has 8 heteroatoms. The van der Waals surface area contributed by atoms with E-state index in [1.807, 2.05) is 0 Å². The molecule has 0 bridgehead atoms. The van der Waals surface area contributed by atoms with Crippen LogP contribution < -0.4 is 4.72 Å². The first-order valence-corrected chi connectivity index (χ1v) is 8.70. The van der Waals surface area contributed by atoms with Crippen LogP contribution in [-0.4, -0.2) is 63.8 Å². The summed E-state index contributed by atoms with van der Waals surface area (Å²) < 4.78 is 31.7. The smallest absolute Gasteiger partial charge is 0.338 e. The summed E-state index contributed by atoms with van der Waals surface area (Å²) in [7, 11) is -0.187. The number of rotatable bonds is 8. The number of aliphatic hydroxyl groups is 1. The molecule has 0 saturated heterocycles. The van der Waals surface area contributed by atoms with Crippen molar-refractivity contribution in [3.05, 3.63) is 29.8 Å². The summed E-state index contributed by atoms with van der Waals surface area (Å²) in [6, 6.07) is 5.44. The van der Waals surface area contributed by atoms with Gasteiger partial charge in [-0.15, -0.1) is 0 Å². The topological polar surface area (TPSA) is 95.9 Å². The highest BCUT2D eigenvalue weighted by Gasteiger charge is 2.25. The minimum atomic E-state index is -3.76. The molecule has 0 aliphatic heterocycles. The van der Waals surface area contributed by atoms with E-state index in [9.17, 15) is 18.3 Å². The van der Waals surface area contributed by atoms with Gasteiger partial charge in [-0.3, -0.25) is 0 Å². The molecular weight excluding hydrogens is 320 g/mol. The Kier molecular flexibility index (Phi) is 6.69. The first kappa shape index (κ1) is 19.6. The Hall–Kier alpha value is -1.48. The maximum atomic E-state index is 12.2. The van der Waals surface area contributed by atoms with Crippen molar-refractivity contribution in [2.24, 2.45) is 0 Å². The zero-order valence-electron chi connectivity index (χ0n) is 13.9. The molecule has 130 valence electrons. The number of hydrogen-bond donors (Lipinski definition) is 2. The molecule has 0 radical (unpaired) electrons. The summed E-state index contributed by atoms with van der Waals surface area (Å²) in [5.41, 5.74) is -0.910. The molecule has 1 aromatic carbocycles. The van der Waals surface area contributed by atoms with Crippen LogP contribution in [0.4, 0.5) is 0 Å². The fourth-order valence-corrected chi connectivity index (χ4v) is 3.22. The SMILES string of the molecule is CCOC(=O)c1ccc(S(=O)(=O)NC[C@@](C)(O)CN(C)C)cc1. The highest BCUT2D eigenvalue weighted by Crippen LogP contribution is 2.13. The van der Waals surface area contributed by atoms with Gasteiger partial charge in [0.25, 0.3) is 0 Å². The molecule has 1 atom stereocenters. The van der Waals surface area contributed by atoms with Crippen LogP contribution in [0, 0.1) is 0 Å². The summed E-state index contributed by atoms with van der Waals surface area (Å²) in [5.74, 6) is -0.502. The molecule has 0 fully saturated rings. The number of carbonyl (C=O) groups is 1. The van der Waals surface area contributed by atoms with Gasteiger partial charge in [-0.25, -0.2) is 17.9 Å². The number of nitrogens with one attached hydrogen (secondary N) is 1. The summed E-state index contributed by atoms with van der Waals surface area (Å²) >= 11 is 0. The second-order valence-electron chi connectivity index (χ2n) is 5.80. The van der Waals surface area contributed by atoms with Gasteiger partial charge in [0.15, 0.2) is 0 Å². The quantitative estimate of drug-likeness (QED) is 0.665. The molecular formula is C15H24N2O5S. The Labute approximate surface area is 137 Å². The van der Waals surface area contributed by atoms with E-state index in [4.69, 9.17) is 4.74 Å². The van der Waals surface area contributed by atoms with Crippen LogP contribution in [0.2, 0.25) is 0 Å². The van der Waals surface area contributed by atoms with Gasteiger partial charge in [-0.1, -0.05) is 0 Å². The van der Waals surface area contributed by atoms with Crippen molar-refractivity contribution >= 4 is 16.0 Å². The molecule has 0 aliphatic rings. The van der Waals surface area contributed by atoms with Crippen molar-refractivity contribution in [1.82, 2.24) is 9.62 Å². The second kappa shape index (κ2) is 7.87. The molecule has 1 aromatic rings. The number of sulfonamides is 1. The van der Waals surface area contributed by atoms with Crippen LogP contribution >= 0.6 is 0 Å². The minimum Gasteiger partial charge on any atom is -0.462 e. The van der Waals surface area contributed by atoms with E-state index in [0.29, 0.717) is 6.54 Å². The molecule has 0 amide bonds. The van der Waals surface area contributed by atoms with E-state index in [2.05, 4.69) is 4.72 Å². The van der Waals surface area contributed by atoms with Crippen molar-refractivity contribution < 1.29 is 23.1 Å². The van der Waals surface area contributed by atoms with Gasteiger partial charge in [0.05, 0.1) is 22.7 Å². The van der Waals surface area contributed by atoms with Crippen LogP contribution in [0.3, 0.4) is 0 Å². The fraction of sp³-hybridized carbons (Fsp3) is 0.533. The molecule has 0 heterocycles. The lowest BCUT2D eigenvalue weighted by molar-refractivity contribution is 0.0386. The number of benzene rings is 1. The number of likely N-dealkylation sites (N-methyl/N-ethyl adjacent to an activating group) is 1. The Morgan fingerprint density at radius 3 is 2.35 bits per heavy atom. The number of hydrogen-bond acceptors (Lipinski definition) is 6. The molecule has 7 nitrogen and oxygen atoms in total. The van der Waals surface area contributed by atoms with Gasteiger partial charge in [-0.2, -0.15) is 0 Å². The average molecular weight is 344 g/mol. The predicted molar refractivity (Wildman–Crippen MR) is 86.8 cm³/mol. The Morgan fingerprint density at radius 1 is 1.30 bits per heavy atom. The minimum absolute atomic E-state index is 0.0196. The van der Waals surface area contributed by atoms with Crippen LogP contribution in [0.25, 0.3) is 0 Å². The first-order chi connectivity index (χ1) is 10.6. The zero-order valence-corrected chi connectivity index (χ0v) is 14.7. The average Bonchev–Trinajstić information content (AvgIpc) is 2.45. The second-order valence-corrected chi connectivity index (χ2v) is 7.57. The Morgan fingerprint density at radius 2 is 1.87 bits per heavy atom. The van der Waals surface area contributed by atoms with Crippen molar-refractivity contribution in [2.45, 2.75) is 24.3 Å². The van der Waals surface area contributed by atoms with Crippen molar-refractivity contribution in [3.8, 4) is 0 Å². The zero-order chi connectivity index (χ0) is 17.7. The summed E-state index contributed by atoms with van der Waals surface area (Å²) in [5, 5.41) is 10.1. The number of carbonyl (C=O) groups excluding carboxylic acids is 1. The van der Waals surface area contributed by atoms with Gasteiger partial charge < -0.3 is 14.7 Å². The number of ether oxygens (including phenoxy) is 1. The summed E-state index contributed by atoms with van der Waals surface area (Å²) in [6.45, 7) is 3.70. The normalized spacial score (nSPS) is 14.5. The summed E-state index contributed by atoms with van der Waals surface area (Å²) in [4.78, 5) is 13.3. The third-order valence-corrected chi connectivity index (χ3v) is 4.39. The van der Waals surface area contributed by atoms with Crippen molar-refractivity contribution in [3.63, 3.8) is 0 Å². The van der Waals surface area contributed by atoms with Crippen LogP contribution in [0.5, 0.6) is 0 Å². The van der Waals surface area contributed by atoms with E-state index < -0.39 is 21.6 Å². The molecule has 0 aromatic heterocycles. The van der Waals surface area contributed by atoms with Gasteiger partial charge in [0.1, 0.15) is 0 Å². The van der Waals surface area contributed by atoms with Gasteiger partial charge in [0.2, 0.25) is 10.0 Å². The van der Waals surface area contributed by atoms with E-state index >= 15 is 0 Å². The van der Waals surface area contributed by atoms with E-state index in [1.54, 1.807) is 32.8 Å². The maximum Gasteiger partial charge on any atom is 0.338 e. The number of esters is 1. The highest BCUT2D eigenvalue weighted by molar-refractivity contribution is 7.89. The number of nitrogens with zero attached hydrogens (tertiary/aromatic N) is 1. The highest BCUT2D eigenvalue weighted by atomic mass is 32.2. The lowest BCUT2D eigenvalue weighted by Crippen LogP contribution is -2.47. The first-order valence-electron chi connectivity index (χ1n) is 7.21. The molecule has 0 spiro atoms. The van der Waals surface area contributed by atoms with Gasteiger partial charge >= 0.3 is 5.97 Å². The maximum absolute atomic E-state index is 12.2. The van der Waals surface area contributed by atoms with Gasteiger partial charge in [-0.05, 0) is 52.2 Å². The molecule has 0 saturated carbocycles. The third-order valence-electron chi connectivity index (χ3n) is 2.98. The lowest BCUT2D eigenvalue weighted by atomic mass is 10.1. The Balaban J connectivity index is 2.79. The van der Waals surface area contributed by atoms with E-state index in [1.165, 1.54) is 24.3 Å². The molecule has 2 N–H and O–H groups in total. The molecule has 0 aliphatic carbocycles. The monoisotopic (exact) mass is 344 g/mol. The van der Waals surface area contributed by atoms with Crippen LogP contribution in [-0.2, 0) is 14.8 Å². The standard InChI is InChI=1S/C15H24N2O5S/c1-5-22-14(18)12-6-8-13(9-7-12)23(20,21)16-10-15(2,19)11-17(3)4/h6-9,16,19H,5,10-11H2,1-4H3/t15-/m1/s1. The summed E-state index contributed by atoms with van der Waals surface area (Å²) in [6.07, 6.45) is 0. The van der Waals surface area contributed by atoms with Crippen LogP contribution in [0.15, 0.2) is 29.2 Å². The Bertz CT molecular complexity index is 624. The van der Waals surface area contributed by atoms with Gasteiger partial charge in [0, 0.05) is 13.1 Å². The molecule has 0 unspecified atom stereocenters. The predicted octanol–water partition coefficient (Wildman–Crippen LogP) is 0.454. The fourth-order valence-electron chi connectivity index (χ4n) is 2.06. The molecule has 23 heavy (non-hydrogen) atoms. The van der Waals surface area contributed by atoms with Crippen LogP contribution in [0.1, 0.15) is 24.2 Å². The van der Waals surface area contributed by atoms with Crippen molar-refractivity contribution in [1.29, 1.82) is 0 Å². The molecule has 1 rings (SSSR count). The lowest BCUT2D eigenvalue weighted by Gasteiger charge is -2.27.